The lowest BCUT2D eigenvalue weighted by atomic mass is 9.77. The molecule has 0 spiro atoms. The minimum Gasteiger partial charge on any atom is -0.312 e. The maximum atomic E-state index is 3.70. The highest BCUT2D eigenvalue weighted by atomic mass is 15.1. The highest BCUT2D eigenvalue weighted by Gasteiger charge is 2.36. The van der Waals surface area contributed by atoms with Crippen molar-refractivity contribution in [2.24, 2.45) is 17.3 Å². The molecule has 0 bridgehead atoms. The van der Waals surface area contributed by atoms with Gasteiger partial charge in [-0.05, 0) is 50.1 Å². The lowest BCUT2D eigenvalue weighted by Gasteiger charge is -2.41. The summed E-state index contributed by atoms with van der Waals surface area (Å²) in [7, 11) is 2.29. The molecule has 2 heteroatoms. The van der Waals surface area contributed by atoms with E-state index in [1.54, 1.807) is 0 Å². The summed E-state index contributed by atoms with van der Waals surface area (Å²) >= 11 is 0. The molecule has 2 aliphatic rings. The van der Waals surface area contributed by atoms with Crippen LogP contribution in [-0.2, 0) is 0 Å². The van der Waals surface area contributed by atoms with Crippen molar-refractivity contribution in [1.29, 1.82) is 0 Å². The van der Waals surface area contributed by atoms with Crippen LogP contribution < -0.4 is 5.32 Å². The molecule has 0 aromatic heterocycles. The fourth-order valence-corrected chi connectivity index (χ4v) is 3.02. The third-order valence-electron chi connectivity index (χ3n) is 4.65. The van der Waals surface area contributed by atoms with Gasteiger partial charge in [0.2, 0.25) is 0 Å². The Hall–Kier alpha value is -0.0800. The van der Waals surface area contributed by atoms with Crippen LogP contribution in [-0.4, -0.2) is 37.6 Å². The van der Waals surface area contributed by atoms with Crippen molar-refractivity contribution < 1.29 is 0 Å². The molecule has 1 N–H and O–H groups in total. The monoisotopic (exact) mass is 224 g/mol. The van der Waals surface area contributed by atoms with Crippen LogP contribution >= 0.6 is 0 Å². The van der Waals surface area contributed by atoms with Gasteiger partial charge in [0.1, 0.15) is 0 Å². The van der Waals surface area contributed by atoms with Gasteiger partial charge in [-0.2, -0.15) is 0 Å². The van der Waals surface area contributed by atoms with E-state index >= 15 is 0 Å². The van der Waals surface area contributed by atoms with E-state index in [1.807, 2.05) is 0 Å². The van der Waals surface area contributed by atoms with Gasteiger partial charge >= 0.3 is 0 Å². The summed E-state index contributed by atoms with van der Waals surface area (Å²) in [4.78, 5) is 2.54. The van der Waals surface area contributed by atoms with E-state index in [0.29, 0.717) is 11.5 Å². The second-order valence-corrected chi connectivity index (χ2v) is 6.79. The number of piperidine rings is 1. The number of nitrogens with zero attached hydrogens (tertiary/aromatic N) is 1. The fourth-order valence-electron chi connectivity index (χ4n) is 3.02. The summed E-state index contributed by atoms with van der Waals surface area (Å²) in [5.41, 5.74) is 0.474. The predicted molar refractivity (Wildman–Crippen MR) is 69.6 cm³/mol. The fraction of sp³-hybridized carbons (Fsp3) is 1.00. The molecular formula is C14H28N2. The highest BCUT2D eigenvalue weighted by molar-refractivity contribution is 4.91. The molecule has 1 saturated heterocycles. The van der Waals surface area contributed by atoms with Gasteiger partial charge in [-0.15, -0.1) is 0 Å². The van der Waals surface area contributed by atoms with Gasteiger partial charge in [-0.3, -0.25) is 0 Å². The summed E-state index contributed by atoms with van der Waals surface area (Å²) in [6.07, 6.45) is 4.16. The topological polar surface area (TPSA) is 15.3 Å². The summed E-state index contributed by atoms with van der Waals surface area (Å²) in [6.45, 7) is 10.9. The number of hydrogen-bond donors (Lipinski definition) is 1. The molecule has 94 valence electrons. The molecule has 2 fully saturated rings. The molecule has 3 unspecified atom stereocenters. The second kappa shape index (κ2) is 4.66. The molecule has 3 atom stereocenters. The lowest BCUT2D eigenvalue weighted by Crippen LogP contribution is -2.52. The molecule has 2 rings (SSSR count). The minimum atomic E-state index is 0.474. The van der Waals surface area contributed by atoms with E-state index in [1.165, 1.54) is 38.9 Å². The number of nitrogens with one attached hydrogen (secondary N) is 1. The summed E-state index contributed by atoms with van der Waals surface area (Å²) < 4.78 is 0. The smallest absolute Gasteiger partial charge is 0.0245 e. The largest absolute Gasteiger partial charge is 0.312 e. The van der Waals surface area contributed by atoms with Gasteiger partial charge in [0.25, 0.3) is 0 Å². The Morgan fingerprint density at radius 1 is 1.31 bits per heavy atom. The molecule has 0 radical (unpaired) electrons. The molecular weight excluding hydrogens is 196 g/mol. The Morgan fingerprint density at radius 2 is 2.00 bits per heavy atom. The Labute approximate surface area is 101 Å². The molecule has 2 nitrogen and oxygen atoms in total. The Kier molecular flexibility index (Phi) is 3.60. The zero-order valence-corrected chi connectivity index (χ0v) is 11.4. The van der Waals surface area contributed by atoms with Gasteiger partial charge in [-0.25, -0.2) is 0 Å². The van der Waals surface area contributed by atoms with E-state index in [0.717, 1.165) is 11.8 Å². The average Bonchev–Trinajstić information content (AvgIpc) is 2.85. The molecule has 0 aromatic carbocycles. The average molecular weight is 224 g/mol. The molecule has 0 amide bonds. The quantitative estimate of drug-likeness (QED) is 0.788. The van der Waals surface area contributed by atoms with Crippen molar-refractivity contribution in [2.75, 3.05) is 26.7 Å². The summed E-state index contributed by atoms with van der Waals surface area (Å²) in [5.74, 6) is 1.96. The molecule has 1 saturated carbocycles. The summed E-state index contributed by atoms with van der Waals surface area (Å²) in [5, 5.41) is 3.70. The van der Waals surface area contributed by atoms with Crippen molar-refractivity contribution in [2.45, 2.75) is 46.1 Å². The van der Waals surface area contributed by atoms with Gasteiger partial charge in [0.05, 0.1) is 0 Å². The number of hydrogen-bond acceptors (Lipinski definition) is 2. The first-order valence-electron chi connectivity index (χ1n) is 6.91. The minimum absolute atomic E-state index is 0.474. The van der Waals surface area contributed by atoms with Gasteiger partial charge in [-0.1, -0.05) is 20.8 Å². The normalized spacial score (nSPS) is 37.7. The first-order chi connectivity index (χ1) is 7.49. The molecule has 1 aliphatic heterocycles. The standard InChI is InChI=1S/C14H28N2/c1-11-8-12(11)9-16(4)10-13-14(2,3)6-5-7-15-13/h11-13,15H,5-10H2,1-4H3. The molecule has 1 heterocycles. The van der Waals surface area contributed by atoms with E-state index < -0.39 is 0 Å². The number of likely N-dealkylation sites (N-methyl/N-ethyl adjacent to an activating group) is 1. The van der Waals surface area contributed by atoms with Crippen LogP contribution in [0.3, 0.4) is 0 Å². The van der Waals surface area contributed by atoms with Crippen LogP contribution in [0.4, 0.5) is 0 Å². The van der Waals surface area contributed by atoms with Crippen LogP contribution in [0, 0.1) is 17.3 Å². The third-order valence-corrected chi connectivity index (χ3v) is 4.65. The van der Waals surface area contributed by atoms with Gasteiger partial charge < -0.3 is 10.2 Å². The van der Waals surface area contributed by atoms with Crippen molar-refractivity contribution in [1.82, 2.24) is 10.2 Å². The van der Waals surface area contributed by atoms with E-state index in [-0.39, 0.29) is 0 Å². The Morgan fingerprint density at radius 3 is 2.56 bits per heavy atom. The van der Waals surface area contributed by atoms with Crippen molar-refractivity contribution in [3.05, 3.63) is 0 Å². The molecule has 16 heavy (non-hydrogen) atoms. The van der Waals surface area contributed by atoms with Crippen molar-refractivity contribution in [3.8, 4) is 0 Å². The molecule has 0 aromatic rings. The van der Waals surface area contributed by atoms with E-state index in [4.69, 9.17) is 0 Å². The lowest BCUT2D eigenvalue weighted by molar-refractivity contribution is 0.136. The SMILES string of the molecule is CC1CC1CN(C)CC1NCCCC1(C)C. The summed E-state index contributed by atoms with van der Waals surface area (Å²) in [6, 6.07) is 0.681. The Bertz CT molecular complexity index is 237. The van der Waals surface area contributed by atoms with Gasteiger partial charge in [0, 0.05) is 19.1 Å². The highest BCUT2D eigenvalue weighted by Crippen LogP contribution is 2.38. The maximum absolute atomic E-state index is 3.70. The third kappa shape index (κ3) is 2.98. The Balaban J connectivity index is 1.78. The van der Waals surface area contributed by atoms with Crippen LogP contribution in [0.25, 0.3) is 0 Å². The van der Waals surface area contributed by atoms with E-state index in [2.05, 4.69) is 38.0 Å². The zero-order chi connectivity index (χ0) is 11.8. The van der Waals surface area contributed by atoms with Crippen molar-refractivity contribution in [3.63, 3.8) is 0 Å². The van der Waals surface area contributed by atoms with E-state index in [9.17, 15) is 0 Å². The first kappa shape index (κ1) is 12.4. The maximum Gasteiger partial charge on any atom is 0.0245 e. The van der Waals surface area contributed by atoms with Crippen LogP contribution in [0.2, 0.25) is 0 Å². The van der Waals surface area contributed by atoms with Crippen LogP contribution in [0.5, 0.6) is 0 Å². The van der Waals surface area contributed by atoms with Crippen molar-refractivity contribution >= 4 is 0 Å². The second-order valence-electron chi connectivity index (χ2n) is 6.79. The van der Waals surface area contributed by atoms with Crippen LogP contribution in [0.1, 0.15) is 40.0 Å². The predicted octanol–water partition coefficient (Wildman–Crippen LogP) is 2.35. The number of rotatable bonds is 4. The van der Waals surface area contributed by atoms with Crippen LogP contribution in [0.15, 0.2) is 0 Å². The zero-order valence-electron chi connectivity index (χ0n) is 11.4. The van der Waals surface area contributed by atoms with Gasteiger partial charge in [0.15, 0.2) is 0 Å². The molecule has 1 aliphatic carbocycles. The first-order valence-corrected chi connectivity index (χ1v) is 6.91.